The van der Waals surface area contributed by atoms with Gasteiger partial charge >= 0.3 is 47.2 Å². The van der Waals surface area contributed by atoms with E-state index in [4.69, 9.17) is 0 Å². The van der Waals surface area contributed by atoms with Gasteiger partial charge in [-0.1, -0.05) is 20.8 Å². The smallest absolute Gasteiger partial charge is 0.384 e. The molecule has 0 saturated heterocycles. The van der Waals surface area contributed by atoms with Crippen molar-refractivity contribution in [1.82, 2.24) is 0 Å². The van der Waals surface area contributed by atoms with Gasteiger partial charge in [-0.3, -0.25) is 4.79 Å². The van der Waals surface area contributed by atoms with Gasteiger partial charge in [-0.25, -0.2) is 9.18 Å². The van der Waals surface area contributed by atoms with E-state index in [1.807, 2.05) is 0 Å². The van der Waals surface area contributed by atoms with Gasteiger partial charge in [0.2, 0.25) is 0 Å². The monoisotopic (exact) mass is 468 g/mol. The van der Waals surface area contributed by atoms with E-state index >= 15 is 0 Å². The highest BCUT2D eigenvalue weighted by Crippen LogP contribution is 2.69. The molecule has 0 N–H and O–H groups in total. The van der Waals surface area contributed by atoms with Crippen LogP contribution in [0.2, 0.25) is 0 Å². The van der Waals surface area contributed by atoms with Gasteiger partial charge in [-0.2, -0.15) is 43.9 Å². The van der Waals surface area contributed by atoms with Crippen molar-refractivity contribution in [2.75, 3.05) is 13.2 Å². The number of hydrogen-bond acceptors (Lipinski definition) is 4. The Labute approximate surface area is 161 Å². The minimum absolute atomic E-state index is 0.278. The molecule has 1 unspecified atom stereocenters. The molecule has 1 aliphatic carbocycles. The third-order valence-electron chi connectivity index (χ3n) is 4.66. The van der Waals surface area contributed by atoms with Crippen molar-refractivity contribution < 1.29 is 67.4 Å². The zero-order valence-electron chi connectivity index (χ0n) is 15.4. The first-order chi connectivity index (χ1) is 13.2. The molecule has 0 aromatic carbocycles. The number of rotatable bonds is 6. The van der Waals surface area contributed by atoms with Crippen LogP contribution in [-0.2, 0) is 19.1 Å². The molecule has 0 heterocycles. The van der Waals surface area contributed by atoms with Crippen LogP contribution < -0.4 is 0 Å². The lowest BCUT2D eigenvalue weighted by atomic mass is 9.72. The molecule has 0 aliphatic heterocycles. The Morgan fingerprint density at radius 2 is 0.967 bits per heavy atom. The molecule has 0 amide bonds. The number of esters is 2. The molecule has 0 spiro atoms. The number of carbonyl (C=O) groups excluding carboxylic acids is 2. The van der Waals surface area contributed by atoms with E-state index in [1.54, 1.807) is 13.8 Å². The predicted octanol–water partition coefficient (Wildman–Crippen LogP) is 4.26. The van der Waals surface area contributed by atoms with E-state index in [2.05, 4.69) is 9.47 Å². The van der Waals surface area contributed by atoms with Gasteiger partial charge in [0.1, 0.15) is 13.2 Å². The molecule has 4 nitrogen and oxygen atoms in total. The second-order valence-electron chi connectivity index (χ2n) is 6.87. The molecule has 30 heavy (non-hydrogen) atoms. The largest absolute Gasteiger partial charge is 0.462 e. The fourth-order valence-corrected chi connectivity index (χ4v) is 2.26. The SMILES string of the molecule is CC(C)C(C)C(=O)OCCOC(=O)C1(F)C(F)(F)C(F)(F)C(F)(F)C(F)(F)C1(F)F. The average Bonchev–Trinajstić information content (AvgIpc) is 2.61. The fourth-order valence-electron chi connectivity index (χ4n) is 2.26. The van der Waals surface area contributed by atoms with Gasteiger partial charge in [-0.15, -0.1) is 0 Å². The van der Waals surface area contributed by atoms with Crippen molar-refractivity contribution in [3.05, 3.63) is 0 Å². The molecule has 176 valence electrons. The maximum Gasteiger partial charge on any atom is 0.384 e. The summed E-state index contributed by atoms with van der Waals surface area (Å²) in [5.41, 5.74) is -6.87. The second kappa shape index (κ2) is 7.39. The first kappa shape index (κ1) is 26.2. The fraction of sp³-hybridized carbons (Fsp3) is 0.867. The quantitative estimate of drug-likeness (QED) is 0.332. The first-order valence-corrected chi connectivity index (χ1v) is 8.08. The molecule has 0 aromatic rings. The van der Waals surface area contributed by atoms with Crippen LogP contribution in [-0.4, -0.2) is 60.4 Å². The van der Waals surface area contributed by atoms with Gasteiger partial charge in [-0.05, 0) is 5.92 Å². The first-order valence-electron chi connectivity index (χ1n) is 8.08. The molecule has 15 heteroatoms. The highest BCUT2D eigenvalue weighted by molar-refractivity contribution is 5.84. The van der Waals surface area contributed by atoms with Crippen LogP contribution in [0.5, 0.6) is 0 Å². The predicted molar refractivity (Wildman–Crippen MR) is 74.5 cm³/mol. The van der Waals surface area contributed by atoms with Crippen LogP contribution in [0.4, 0.5) is 48.3 Å². The van der Waals surface area contributed by atoms with E-state index < -0.39 is 66.4 Å². The van der Waals surface area contributed by atoms with E-state index in [0.29, 0.717) is 0 Å². The number of halogens is 11. The summed E-state index contributed by atoms with van der Waals surface area (Å²) < 4.78 is 156. The highest BCUT2D eigenvalue weighted by atomic mass is 19.4. The Balaban J connectivity index is 3.16. The summed E-state index contributed by atoms with van der Waals surface area (Å²) in [6, 6.07) is 0. The third kappa shape index (κ3) is 3.10. The summed E-state index contributed by atoms with van der Waals surface area (Å²) in [6.45, 7) is 1.92. The van der Waals surface area contributed by atoms with Gasteiger partial charge in [0, 0.05) is 0 Å². The Hall–Kier alpha value is -1.83. The van der Waals surface area contributed by atoms with Crippen molar-refractivity contribution in [1.29, 1.82) is 0 Å². The van der Waals surface area contributed by atoms with Crippen LogP contribution in [0.15, 0.2) is 0 Å². The minimum Gasteiger partial charge on any atom is -0.462 e. The van der Waals surface area contributed by atoms with Crippen LogP contribution in [0.25, 0.3) is 0 Å². The zero-order valence-corrected chi connectivity index (χ0v) is 15.4. The maximum atomic E-state index is 14.3. The van der Waals surface area contributed by atoms with Gasteiger partial charge in [0.15, 0.2) is 0 Å². The lowest BCUT2D eigenvalue weighted by Crippen LogP contribution is -2.85. The molecule has 0 bridgehead atoms. The lowest BCUT2D eigenvalue weighted by molar-refractivity contribution is -0.478. The van der Waals surface area contributed by atoms with Gasteiger partial charge in [0.05, 0.1) is 5.92 Å². The molecule has 1 saturated carbocycles. The summed E-state index contributed by atoms with van der Waals surface area (Å²) in [6.07, 6.45) is 0. The Kier molecular flexibility index (Phi) is 6.46. The zero-order chi connectivity index (χ0) is 24.1. The molecule has 1 rings (SSSR count). The van der Waals surface area contributed by atoms with E-state index in [1.165, 1.54) is 6.92 Å². The molecular formula is C15H15F11O4. The lowest BCUT2D eigenvalue weighted by Gasteiger charge is -2.50. The van der Waals surface area contributed by atoms with Crippen LogP contribution in [0.1, 0.15) is 20.8 Å². The number of hydrogen-bond donors (Lipinski definition) is 0. The molecule has 1 atom stereocenters. The summed E-state index contributed by atoms with van der Waals surface area (Å²) in [5.74, 6) is -42.5. The van der Waals surface area contributed by atoms with E-state index in [9.17, 15) is 57.9 Å². The summed E-state index contributed by atoms with van der Waals surface area (Å²) in [5, 5.41) is 0. The second-order valence-corrected chi connectivity index (χ2v) is 6.87. The molecule has 0 aromatic heterocycles. The average molecular weight is 468 g/mol. The van der Waals surface area contributed by atoms with Crippen molar-refractivity contribution in [3.63, 3.8) is 0 Å². The number of ether oxygens (including phenoxy) is 2. The normalized spacial score (nSPS) is 26.0. The molecule has 0 radical (unpaired) electrons. The minimum atomic E-state index is -7.43. The highest BCUT2D eigenvalue weighted by Gasteiger charge is 3.03. The Bertz CT molecular complexity index is 660. The number of carbonyl (C=O) groups is 2. The molecular weight excluding hydrogens is 453 g/mol. The van der Waals surface area contributed by atoms with Crippen molar-refractivity contribution >= 4 is 11.9 Å². The van der Waals surface area contributed by atoms with Gasteiger partial charge < -0.3 is 9.47 Å². The van der Waals surface area contributed by atoms with Crippen LogP contribution in [0.3, 0.4) is 0 Å². The maximum absolute atomic E-state index is 14.3. The summed E-state index contributed by atoms with van der Waals surface area (Å²) in [4.78, 5) is 22.9. The van der Waals surface area contributed by atoms with Crippen LogP contribution >= 0.6 is 0 Å². The van der Waals surface area contributed by atoms with Crippen molar-refractivity contribution in [3.8, 4) is 0 Å². The summed E-state index contributed by atoms with van der Waals surface area (Å²) >= 11 is 0. The Morgan fingerprint density at radius 3 is 1.33 bits per heavy atom. The van der Waals surface area contributed by atoms with Gasteiger partial charge in [0.25, 0.3) is 0 Å². The topological polar surface area (TPSA) is 52.6 Å². The molecule has 1 fully saturated rings. The Morgan fingerprint density at radius 1 is 0.633 bits per heavy atom. The van der Waals surface area contributed by atoms with E-state index in [0.717, 1.165) is 0 Å². The van der Waals surface area contributed by atoms with Crippen molar-refractivity contribution in [2.45, 2.75) is 56.1 Å². The third-order valence-corrected chi connectivity index (χ3v) is 4.66. The number of alkyl halides is 11. The standard InChI is InChI=1S/C15H15F11O4/c1-6(2)7(3)8(27)29-4-5-30-9(28)10(16)11(17,18)13(21,22)15(25,26)14(23,24)12(10,19)20/h6-7H,4-5H2,1-3H3. The molecule has 1 aliphatic rings. The van der Waals surface area contributed by atoms with Crippen molar-refractivity contribution in [2.24, 2.45) is 11.8 Å². The van der Waals surface area contributed by atoms with E-state index in [-0.39, 0.29) is 5.92 Å². The van der Waals surface area contributed by atoms with Crippen LogP contribution in [0, 0.1) is 11.8 Å². The summed E-state index contributed by atoms with van der Waals surface area (Å²) in [7, 11) is 0.